The Morgan fingerprint density at radius 2 is 1.88 bits per heavy atom. The number of amides is 1. The first kappa shape index (κ1) is 30.9. The fraction of sp³-hybridized carbons (Fsp3) is 0.250. The van der Waals surface area contributed by atoms with Crippen LogP contribution in [0.3, 0.4) is 0 Å². The van der Waals surface area contributed by atoms with Gasteiger partial charge in [-0.05, 0) is 68.6 Å². The SMILES string of the molecule is CC(NC(=O)c1c(N)nn2cccnc12)c1cc2cccc(C#Cc3cnn(CCN4CCC(N)CC4)c3)c2c(=O)n1-c1ccccc1. The number of carbonyl (C=O) groups is 1. The van der Waals surface area contributed by atoms with Crippen LogP contribution in [0.4, 0.5) is 5.82 Å². The Morgan fingerprint density at radius 3 is 2.69 bits per heavy atom. The zero-order valence-corrected chi connectivity index (χ0v) is 26.6. The number of nitrogens with zero attached hydrogens (tertiary/aromatic N) is 7. The van der Waals surface area contributed by atoms with E-state index in [1.807, 2.05) is 72.4 Å². The van der Waals surface area contributed by atoms with Crippen molar-refractivity contribution in [2.75, 3.05) is 25.4 Å². The second-order valence-corrected chi connectivity index (χ2v) is 12.1. The minimum Gasteiger partial charge on any atom is -0.381 e. The van der Waals surface area contributed by atoms with Crippen LogP contribution in [0.5, 0.6) is 0 Å². The second-order valence-electron chi connectivity index (χ2n) is 12.1. The molecule has 1 saturated heterocycles. The Labute approximate surface area is 277 Å². The molecule has 0 spiro atoms. The van der Waals surface area contributed by atoms with Crippen molar-refractivity contribution in [3.63, 3.8) is 0 Å². The van der Waals surface area contributed by atoms with Crippen molar-refractivity contribution in [1.29, 1.82) is 0 Å². The van der Waals surface area contributed by atoms with Gasteiger partial charge >= 0.3 is 0 Å². The summed E-state index contributed by atoms with van der Waals surface area (Å²) < 4.78 is 4.99. The summed E-state index contributed by atoms with van der Waals surface area (Å²) in [6.07, 6.45) is 8.99. The highest BCUT2D eigenvalue weighted by Gasteiger charge is 2.24. The summed E-state index contributed by atoms with van der Waals surface area (Å²) in [7, 11) is 0. The summed E-state index contributed by atoms with van der Waals surface area (Å²) in [6.45, 7) is 5.53. The summed E-state index contributed by atoms with van der Waals surface area (Å²) in [4.78, 5) is 34.6. The van der Waals surface area contributed by atoms with Crippen molar-refractivity contribution < 1.29 is 4.79 Å². The average molecular weight is 641 g/mol. The molecule has 2 aromatic carbocycles. The third-order valence-electron chi connectivity index (χ3n) is 8.78. The number of piperidine rings is 1. The number of aromatic nitrogens is 6. The normalized spacial score (nSPS) is 14.5. The Kier molecular flexibility index (Phi) is 8.46. The van der Waals surface area contributed by atoms with Crippen LogP contribution in [0, 0.1) is 11.8 Å². The molecule has 0 bridgehead atoms. The topological polar surface area (TPSA) is 154 Å². The van der Waals surface area contributed by atoms with Gasteiger partial charge in [-0.25, -0.2) is 9.50 Å². The maximum Gasteiger partial charge on any atom is 0.264 e. The van der Waals surface area contributed by atoms with E-state index < -0.39 is 11.9 Å². The molecule has 5 heterocycles. The van der Waals surface area contributed by atoms with Gasteiger partial charge in [0.1, 0.15) is 5.56 Å². The molecule has 0 radical (unpaired) electrons. The molecule has 1 aliphatic heterocycles. The molecule has 1 unspecified atom stereocenters. The van der Waals surface area contributed by atoms with Crippen molar-refractivity contribution in [1.82, 2.24) is 39.2 Å². The van der Waals surface area contributed by atoms with Gasteiger partial charge in [0.15, 0.2) is 11.5 Å². The minimum absolute atomic E-state index is 0.0679. The average Bonchev–Trinajstić information content (AvgIpc) is 3.70. The highest BCUT2D eigenvalue weighted by atomic mass is 16.2. The number of hydrogen-bond donors (Lipinski definition) is 3. The number of carbonyl (C=O) groups excluding carboxylic acids is 1. The molecule has 1 atom stereocenters. The lowest BCUT2D eigenvalue weighted by Crippen LogP contribution is -2.40. The molecular formula is C36H36N10O2. The van der Waals surface area contributed by atoms with Gasteiger partial charge in [-0.2, -0.15) is 5.10 Å². The monoisotopic (exact) mass is 640 g/mol. The quantitative estimate of drug-likeness (QED) is 0.225. The van der Waals surface area contributed by atoms with Gasteiger partial charge in [0.25, 0.3) is 11.5 Å². The van der Waals surface area contributed by atoms with Crippen LogP contribution in [-0.4, -0.2) is 65.4 Å². The van der Waals surface area contributed by atoms with E-state index in [1.54, 1.807) is 29.2 Å². The van der Waals surface area contributed by atoms with Crippen LogP contribution >= 0.6 is 0 Å². The van der Waals surface area contributed by atoms with Gasteiger partial charge in [-0.1, -0.05) is 42.2 Å². The summed E-state index contributed by atoms with van der Waals surface area (Å²) in [5.74, 6) is 6.06. The van der Waals surface area contributed by atoms with Crippen molar-refractivity contribution in [3.8, 4) is 17.5 Å². The number of pyridine rings is 1. The molecule has 1 aliphatic rings. The number of nitrogens with two attached hydrogens (primary N) is 2. The fourth-order valence-electron chi connectivity index (χ4n) is 6.22. The van der Waals surface area contributed by atoms with E-state index in [0.717, 1.165) is 44.6 Å². The molecule has 12 heteroatoms. The van der Waals surface area contributed by atoms with E-state index in [4.69, 9.17) is 11.5 Å². The van der Waals surface area contributed by atoms with Gasteiger partial charge in [0.2, 0.25) is 0 Å². The predicted molar refractivity (Wildman–Crippen MR) is 185 cm³/mol. The van der Waals surface area contributed by atoms with Gasteiger partial charge in [-0.15, -0.1) is 5.10 Å². The summed E-state index contributed by atoms with van der Waals surface area (Å²) in [6, 6.07) is 18.3. The van der Waals surface area contributed by atoms with E-state index in [1.165, 1.54) is 4.52 Å². The van der Waals surface area contributed by atoms with E-state index in [0.29, 0.717) is 39.4 Å². The van der Waals surface area contributed by atoms with Gasteiger partial charge in [0.05, 0.1) is 29.7 Å². The number of hydrogen-bond acceptors (Lipinski definition) is 8. The van der Waals surface area contributed by atoms with Crippen molar-refractivity contribution >= 4 is 28.1 Å². The smallest absolute Gasteiger partial charge is 0.264 e. The van der Waals surface area contributed by atoms with E-state index in [2.05, 4.69) is 37.2 Å². The molecule has 5 N–H and O–H groups in total. The maximum atomic E-state index is 14.4. The number of para-hydroxylation sites is 1. The lowest BCUT2D eigenvalue weighted by molar-refractivity contribution is 0.0941. The number of likely N-dealkylation sites (tertiary alicyclic amines) is 1. The maximum absolute atomic E-state index is 14.4. The zero-order valence-electron chi connectivity index (χ0n) is 26.6. The minimum atomic E-state index is -0.588. The number of anilines is 1. The van der Waals surface area contributed by atoms with Gasteiger partial charge in [0, 0.05) is 48.1 Å². The second kappa shape index (κ2) is 13.2. The molecule has 0 saturated carbocycles. The lowest BCUT2D eigenvalue weighted by atomic mass is 10.0. The first-order valence-corrected chi connectivity index (χ1v) is 16.0. The third kappa shape index (κ3) is 6.16. The molecular weight excluding hydrogens is 604 g/mol. The molecule has 1 fully saturated rings. The van der Waals surface area contributed by atoms with Crippen LogP contribution in [0.1, 0.15) is 53.0 Å². The highest BCUT2D eigenvalue weighted by Crippen LogP contribution is 2.24. The molecule has 12 nitrogen and oxygen atoms in total. The first-order chi connectivity index (χ1) is 23.4. The largest absolute Gasteiger partial charge is 0.381 e. The molecule has 6 aromatic rings. The Bertz CT molecular complexity index is 2230. The Hall–Kier alpha value is -5.77. The summed E-state index contributed by atoms with van der Waals surface area (Å²) in [5, 5.41) is 12.9. The number of nitrogen functional groups attached to an aromatic ring is 1. The number of rotatable bonds is 7. The molecule has 0 aliphatic carbocycles. The molecule has 48 heavy (non-hydrogen) atoms. The lowest BCUT2D eigenvalue weighted by Gasteiger charge is -2.29. The van der Waals surface area contributed by atoms with Crippen LogP contribution in [0.25, 0.3) is 22.1 Å². The van der Waals surface area contributed by atoms with E-state index in [9.17, 15) is 9.59 Å². The number of nitrogens with one attached hydrogen (secondary N) is 1. The van der Waals surface area contributed by atoms with Crippen molar-refractivity contribution in [2.45, 2.75) is 38.4 Å². The highest BCUT2D eigenvalue weighted by molar-refractivity contribution is 6.04. The zero-order chi connectivity index (χ0) is 33.2. The fourth-order valence-corrected chi connectivity index (χ4v) is 6.22. The molecule has 1 amide bonds. The van der Waals surface area contributed by atoms with Crippen LogP contribution in [0.2, 0.25) is 0 Å². The van der Waals surface area contributed by atoms with E-state index >= 15 is 0 Å². The number of fused-ring (bicyclic) bond motifs is 2. The van der Waals surface area contributed by atoms with Crippen molar-refractivity contribution in [2.24, 2.45) is 5.73 Å². The Balaban J connectivity index is 1.20. The first-order valence-electron chi connectivity index (χ1n) is 16.0. The number of benzene rings is 2. The molecule has 242 valence electrons. The standard InChI is InChI=1S/C36H36N10O2/c1-24(41-35(47)32-33(38)42-45-16-6-15-39-34(32)45)30-21-27-8-5-7-26(31(27)36(48)46(30)29-9-3-2-4-10-29)12-11-25-22-40-44(23-25)20-19-43-17-13-28(37)14-18-43/h2-10,15-16,21-24,28H,13-14,17-20,37H2,1H3,(H2,38,42)(H,41,47). The van der Waals surface area contributed by atoms with Crippen LogP contribution < -0.4 is 22.3 Å². The van der Waals surface area contributed by atoms with Crippen LogP contribution in [0.15, 0.2) is 90.2 Å². The summed E-state index contributed by atoms with van der Waals surface area (Å²) >= 11 is 0. The summed E-state index contributed by atoms with van der Waals surface area (Å²) in [5.41, 5.74) is 15.1. The van der Waals surface area contributed by atoms with E-state index in [-0.39, 0.29) is 16.9 Å². The predicted octanol–water partition coefficient (Wildman–Crippen LogP) is 3.13. The molecule has 4 aromatic heterocycles. The van der Waals surface area contributed by atoms with Gasteiger partial charge in [-0.3, -0.25) is 18.8 Å². The van der Waals surface area contributed by atoms with Crippen molar-refractivity contribution in [3.05, 3.63) is 118 Å². The third-order valence-corrected chi connectivity index (χ3v) is 8.78. The van der Waals surface area contributed by atoms with Gasteiger partial charge < -0.3 is 21.7 Å². The van der Waals surface area contributed by atoms with Crippen LogP contribution in [-0.2, 0) is 6.54 Å². The Morgan fingerprint density at radius 1 is 1.06 bits per heavy atom. The molecule has 7 rings (SSSR count).